The van der Waals surface area contributed by atoms with E-state index in [2.05, 4.69) is 58.6 Å². The van der Waals surface area contributed by atoms with Gasteiger partial charge in [-0.25, -0.2) is 4.79 Å². The van der Waals surface area contributed by atoms with E-state index in [0.29, 0.717) is 19.7 Å². The number of hydrogen-bond donors (Lipinski definition) is 2. The van der Waals surface area contributed by atoms with Gasteiger partial charge in [0, 0.05) is 59.3 Å². The van der Waals surface area contributed by atoms with E-state index in [0.717, 1.165) is 48.2 Å². The van der Waals surface area contributed by atoms with Crippen LogP contribution in [0, 0.1) is 0 Å². The largest absolute Gasteiger partial charge is 0.378 e. The predicted molar refractivity (Wildman–Crippen MR) is 149 cm³/mol. The van der Waals surface area contributed by atoms with Crippen LogP contribution in [-0.2, 0) is 31.5 Å². The predicted octanol–water partition coefficient (Wildman–Crippen LogP) is 5.87. The Bertz CT molecular complexity index is 1500. The quantitative estimate of drug-likeness (QED) is 0.263. The second-order valence-corrected chi connectivity index (χ2v) is 12.3. The molecule has 1 fully saturated rings. The molecule has 8 nitrogen and oxygen atoms in total. The van der Waals surface area contributed by atoms with Gasteiger partial charge in [0.15, 0.2) is 0 Å². The number of urea groups is 1. The summed E-state index contributed by atoms with van der Waals surface area (Å²) in [4.78, 5) is 21.0. The number of rotatable bonds is 9. The monoisotopic (exact) mass is 534 g/mol. The lowest BCUT2D eigenvalue weighted by atomic mass is 10.1. The van der Waals surface area contributed by atoms with Crippen LogP contribution in [0.3, 0.4) is 0 Å². The first-order valence-electron chi connectivity index (χ1n) is 12.2. The summed E-state index contributed by atoms with van der Waals surface area (Å²) in [6, 6.07) is 10.5. The molecule has 1 aliphatic heterocycles. The molecule has 2 N–H and O–H groups in total. The molecule has 3 aromatic heterocycles. The van der Waals surface area contributed by atoms with E-state index in [1.54, 1.807) is 46.2 Å². The second kappa shape index (κ2) is 9.36. The SMILES string of the molecule is C=C1c2cc(SNC3(C)CC3)sc2N(Cc2ccc3[nH]c(COC)cc3c2)C(=O)N1Cc1cnn(C)c1. The van der Waals surface area contributed by atoms with Gasteiger partial charge in [0.2, 0.25) is 0 Å². The molecule has 2 amide bonds. The minimum atomic E-state index is -0.0731. The lowest BCUT2D eigenvalue weighted by Gasteiger charge is -2.36. The zero-order valence-electron chi connectivity index (χ0n) is 21.2. The summed E-state index contributed by atoms with van der Waals surface area (Å²) in [6.07, 6.45) is 6.12. The fourth-order valence-corrected chi connectivity index (χ4v) is 6.73. The van der Waals surface area contributed by atoms with E-state index >= 15 is 0 Å². The highest BCUT2D eigenvalue weighted by Gasteiger charge is 2.38. The Balaban J connectivity index is 1.33. The molecular formula is C27H30N6O2S2. The van der Waals surface area contributed by atoms with Gasteiger partial charge < -0.3 is 9.72 Å². The maximum Gasteiger partial charge on any atom is 0.330 e. The van der Waals surface area contributed by atoms with Crippen LogP contribution in [0.4, 0.5) is 9.80 Å². The van der Waals surface area contributed by atoms with Crippen LogP contribution in [0.25, 0.3) is 16.6 Å². The summed E-state index contributed by atoms with van der Waals surface area (Å²) in [5.74, 6) is 0. The van der Waals surface area contributed by atoms with E-state index in [9.17, 15) is 4.79 Å². The number of fused-ring (bicyclic) bond motifs is 2. The Labute approximate surface area is 224 Å². The maximum absolute atomic E-state index is 13.9. The van der Waals surface area contributed by atoms with Gasteiger partial charge in [-0.05, 0) is 61.5 Å². The van der Waals surface area contributed by atoms with E-state index < -0.39 is 0 Å². The Morgan fingerprint density at radius 2 is 2.03 bits per heavy atom. The molecular weight excluding hydrogens is 504 g/mol. The van der Waals surface area contributed by atoms with Crippen LogP contribution < -0.4 is 9.62 Å². The summed E-state index contributed by atoms with van der Waals surface area (Å²) in [5.41, 5.74) is 6.06. The van der Waals surface area contributed by atoms with Gasteiger partial charge >= 0.3 is 6.03 Å². The fraction of sp³-hybridized carbons (Fsp3) is 0.333. The Kier molecular flexibility index (Phi) is 6.15. The van der Waals surface area contributed by atoms with Crippen LogP contribution >= 0.6 is 23.3 Å². The Morgan fingerprint density at radius 1 is 1.22 bits per heavy atom. The highest BCUT2D eigenvalue weighted by molar-refractivity contribution is 7.99. The smallest absolute Gasteiger partial charge is 0.330 e. The molecule has 0 bridgehead atoms. The second-order valence-electron chi connectivity index (χ2n) is 10.1. The average Bonchev–Trinajstić information content (AvgIpc) is 3.21. The standard InChI is InChI=1S/C27H30N6O2S2/c1-17-22-11-24(37-30-27(2)7-8-27)36-25(22)33(26(34)32(17)15-19-12-28-31(3)13-19)14-18-5-6-23-20(9-18)10-21(29-23)16-35-4/h5-6,9-13,29-30H,1,7-8,14-16H2,2-4H3. The van der Waals surface area contributed by atoms with Crippen molar-refractivity contribution in [2.45, 2.75) is 49.2 Å². The molecule has 2 aliphatic rings. The zero-order chi connectivity index (χ0) is 25.7. The van der Waals surface area contributed by atoms with Crippen LogP contribution in [0.2, 0.25) is 0 Å². The number of amides is 2. The number of nitrogens with zero attached hydrogens (tertiary/aromatic N) is 4. The Hall–Kier alpha value is -3.05. The first kappa shape index (κ1) is 24.3. The number of aromatic amines is 1. The van der Waals surface area contributed by atoms with E-state index in [1.165, 1.54) is 12.8 Å². The normalized spacial score (nSPS) is 16.6. The number of aromatic nitrogens is 3. The van der Waals surface area contributed by atoms with Crippen molar-refractivity contribution in [1.82, 2.24) is 24.4 Å². The minimum Gasteiger partial charge on any atom is -0.378 e. The van der Waals surface area contributed by atoms with E-state index in [4.69, 9.17) is 4.74 Å². The molecule has 6 rings (SSSR count). The molecule has 0 radical (unpaired) electrons. The van der Waals surface area contributed by atoms with Gasteiger partial charge in [-0.1, -0.05) is 12.6 Å². The molecule has 0 unspecified atom stereocenters. The number of benzene rings is 1. The number of carbonyl (C=O) groups excluding carboxylic acids is 1. The first-order chi connectivity index (χ1) is 17.8. The Morgan fingerprint density at radius 3 is 2.76 bits per heavy atom. The molecule has 0 saturated heterocycles. The van der Waals surface area contributed by atoms with Crippen molar-refractivity contribution in [3.63, 3.8) is 0 Å². The molecule has 192 valence electrons. The van der Waals surface area contributed by atoms with Crippen molar-refractivity contribution >= 4 is 50.9 Å². The molecule has 4 heterocycles. The number of aryl methyl sites for hydroxylation is 1. The van der Waals surface area contributed by atoms with Crippen LogP contribution in [0.15, 0.2) is 53.5 Å². The molecule has 1 aromatic carbocycles. The molecule has 0 atom stereocenters. The zero-order valence-corrected chi connectivity index (χ0v) is 22.8. The molecule has 37 heavy (non-hydrogen) atoms. The number of carbonyl (C=O) groups is 1. The highest BCUT2D eigenvalue weighted by atomic mass is 32.2. The number of nitrogens with one attached hydrogen (secondary N) is 2. The van der Waals surface area contributed by atoms with Gasteiger partial charge in [0.25, 0.3) is 0 Å². The number of H-pyrrole nitrogens is 1. The summed E-state index contributed by atoms with van der Waals surface area (Å²) >= 11 is 3.30. The van der Waals surface area contributed by atoms with Gasteiger partial charge in [0.1, 0.15) is 5.00 Å². The van der Waals surface area contributed by atoms with Crippen molar-refractivity contribution in [2.75, 3.05) is 12.0 Å². The van der Waals surface area contributed by atoms with Gasteiger partial charge in [-0.3, -0.25) is 19.2 Å². The van der Waals surface area contributed by atoms with Crippen molar-refractivity contribution in [1.29, 1.82) is 0 Å². The fourth-order valence-electron chi connectivity index (χ4n) is 4.57. The number of thiophene rings is 1. The third-order valence-electron chi connectivity index (χ3n) is 6.91. The number of ether oxygens (including phenoxy) is 1. The summed E-state index contributed by atoms with van der Waals surface area (Å²) in [5, 5.41) is 6.33. The maximum atomic E-state index is 13.9. The van der Waals surface area contributed by atoms with Crippen molar-refractivity contribution in [3.05, 3.63) is 71.7 Å². The lowest BCUT2D eigenvalue weighted by molar-refractivity contribution is 0.182. The molecule has 1 saturated carbocycles. The topological polar surface area (TPSA) is 78.4 Å². The first-order valence-corrected chi connectivity index (χ1v) is 13.9. The lowest BCUT2D eigenvalue weighted by Crippen LogP contribution is -2.44. The van der Waals surface area contributed by atoms with Gasteiger partial charge in [-0.2, -0.15) is 5.10 Å². The highest BCUT2D eigenvalue weighted by Crippen LogP contribution is 2.47. The van der Waals surface area contributed by atoms with Crippen LogP contribution in [0.5, 0.6) is 0 Å². The van der Waals surface area contributed by atoms with Gasteiger partial charge in [-0.15, -0.1) is 11.3 Å². The molecule has 4 aromatic rings. The van der Waals surface area contributed by atoms with Crippen LogP contribution in [-0.4, -0.2) is 38.3 Å². The number of anilines is 1. The van der Waals surface area contributed by atoms with Crippen molar-refractivity contribution in [2.24, 2.45) is 7.05 Å². The summed E-state index contributed by atoms with van der Waals surface area (Å²) < 4.78 is 11.7. The minimum absolute atomic E-state index is 0.0731. The number of methoxy groups -OCH3 is 1. The third kappa shape index (κ3) is 4.82. The van der Waals surface area contributed by atoms with E-state index in [-0.39, 0.29) is 11.6 Å². The summed E-state index contributed by atoms with van der Waals surface area (Å²) in [7, 11) is 3.57. The van der Waals surface area contributed by atoms with Crippen molar-refractivity contribution in [3.8, 4) is 0 Å². The van der Waals surface area contributed by atoms with Crippen LogP contribution in [0.1, 0.15) is 42.1 Å². The average molecular weight is 535 g/mol. The third-order valence-corrected chi connectivity index (χ3v) is 9.28. The van der Waals surface area contributed by atoms with E-state index in [1.807, 2.05) is 18.1 Å². The molecule has 10 heteroatoms. The summed E-state index contributed by atoms with van der Waals surface area (Å²) in [6.45, 7) is 8.01. The molecule has 0 spiro atoms. The molecule has 1 aliphatic carbocycles. The van der Waals surface area contributed by atoms with Gasteiger partial charge in [0.05, 0.1) is 30.1 Å². The van der Waals surface area contributed by atoms with Crippen molar-refractivity contribution < 1.29 is 9.53 Å². The number of hydrogen-bond acceptors (Lipinski definition) is 6.